The molecule has 26 heavy (non-hydrogen) atoms. The summed E-state index contributed by atoms with van der Waals surface area (Å²) >= 11 is 5.83. The molecule has 0 bridgehead atoms. The number of benzene rings is 2. The van der Waals surface area contributed by atoms with E-state index in [9.17, 15) is 14.4 Å². The summed E-state index contributed by atoms with van der Waals surface area (Å²) in [5, 5.41) is 0.545. The SMILES string of the molecule is CCOC(=O)C(C(=O)OCC)c1ccc(C(=O)c2ccc(Cl)cc2)cc1. The van der Waals surface area contributed by atoms with Crippen molar-refractivity contribution in [3.63, 3.8) is 0 Å². The summed E-state index contributed by atoms with van der Waals surface area (Å²) in [5.41, 5.74) is 1.34. The predicted octanol–water partition coefficient (Wildman–Crippen LogP) is 3.78. The van der Waals surface area contributed by atoms with Crippen LogP contribution < -0.4 is 0 Å². The second kappa shape index (κ2) is 9.15. The molecule has 136 valence electrons. The van der Waals surface area contributed by atoms with E-state index in [1.54, 1.807) is 62.4 Å². The molecule has 0 aliphatic rings. The quantitative estimate of drug-likeness (QED) is 0.419. The number of rotatable bonds is 7. The maximum Gasteiger partial charge on any atom is 0.324 e. The molecule has 0 N–H and O–H groups in total. The molecule has 0 radical (unpaired) electrons. The maximum absolute atomic E-state index is 12.5. The molecule has 0 atom stereocenters. The monoisotopic (exact) mass is 374 g/mol. The van der Waals surface area contributed by atoms with Crippen molar-refractivity contribution in [3.8, 4) is 0 Å². The van der Waals surface area contributed by atoms with Gasteiger partial charge in [-0.25, -0.2) is 0 Å². The average molecular weight is 375 g/mol. The Kier molecular flexibility index (Phi) is 6.92. The highest BCUT2D eigenvalue weighted by molar-refractivity contribution is 6.30. The van der Waals surface area contributed by atoms with Crippen LogP contribution in [0.15, 0.2) is 48.5 Å². The first-order valence-corrected chi connectivity index (χ1v) is 8.59. The van der Waals surface area contributed by atoms with Crippen LogP contribution in [-0.4, -0.2) is 30.9 Å². The third kappa shape index (κ3) is 4.70. The summed E-state index contributed by atoms with van der Waals surface area (Å²) in [6.07, 6.45) is 0. The third-order valence-electron chi connectivity index (χ3n) is 3.66. The fraction of sp³-hybridized carbons (Fsp3) is 0.250. The smallest absolute Gasteiger partial charge is 0.324 e. The summed E-state index contributed by atoms with van der Waals surface area (Å²) in [4.78, 5) is 36.7. The van der Waals surface area contributed by atoms with Crippen molar-refractivity contribution in [1.82, 2.24) is 0 Å². The zero-order chi connectivity index (χ0) is 19.1. The number of carbonyl (C=O) groups excluding carboxylic acids is 3. The Morgan fingerprint density at radius 3 is 1.65 bits per heavy atom. The molecule has 6 heteroatoms. The van der Waals surface area contributed by atoms with Crippen LogP contribution in [0.2, 0.25) is 5.02 Å². The van der Waals surface area contributed by atoms with Gasteiger partial charge in [0.15, 0.2) is 11.7 Å². The maximum atomic E-state index is 12.5. The van der Waals surface area contributed by atoms with Crippen molar-refractivity contribution in [1.29, 1.82) is 0 Å². The van der Waals surface area contributed by atoms with E-state index in [1.165, 1.54) is 0 Å². The summed E-state index contributed by atoms with van der Waals surface area (Å²) < 4.78 is 9.93. The number of esters is 2. The van der Waals surface area contributed by atoms with E-state index >= 15 is 0 Å². The summed E-state index contributed by atoms with van der Waals surface area (Å²) in [6.45, 7) is 3.63. The van der Waals surface area contributed by atoms with Gasteiger partial charge in [-0.05, 0) is 43.7 Å². The van der Waals surface area contributed by atoms with Crippen LogP contribution >= 0.6 is 11.6 Å². The number of carbonyl (C=O) groups is 3. The van der Waals surface area contributed by atoms with Crippen molar-refractivity contribution in [3.05, 3.63) is 70.2 Å². The van der Waals surface area contributed by atoms with Crippen molar-refractivity contribution >= 4 is 29.3 Å². The van der Waals surface area contributed by atoms with Crippen LogP contribution in [0.3, 0.4) is 0 Å². The van der Waals surface area contributed by atoms with E-state index in [-0.39, 0.29) is 19.0 Å². The van der Waals surface area contributed by atoms with E-state index in [1.807, 2.05) is 0 Å². The fourth-order valence-corrected chi connectivity index (χ4v) is 2.54. The van der Waals surface area contributed by atoms with Crippen molar-refractivity contribution < 1.29 is 23.9 Å². The molecule has 0 aliphatic carbocycles. The first-order chi connectivity index (χ1) is 12.5. The molecule has 2 rings (SSSR count). The second-order valence-corrected chi connectivity index (χ2v) is 5.83. The van der Waals surface area contributed by atoms with Crippen LogP contribution in [0.1, 0.15) is 41.3 Å². The lowest BCUT2D eigenvalue weighted by molar-refractivity contribution is -0.156. The minimum absolute atomic E-state index is 0.155. The molecule has 2 aromatic carbocycles. The summed E-state index contributed by atoms with van der Waals surface area (Å²) in [7, 11) is 0. The van der Waals surface area contributed by atoms with Gasteiger partial charge in [-0.15, -0.1) is 0 Å². The Hall–Kier alpha value is -2.66. The van der Waals surface area contributed by atoms with Crippen LogP contribution in [-0.2, 0) is 19.1 Å². The van der Waals surface area contributed by atoms with Gasteiger partial charge in [0.05, 0.1) is 13.2 Å². The topological polar surface area (TPSA) is 69.7 Å². The normalized spacial score (nSPS) is 10.5. The fourth-order valence-electron chi connectivity index (χ4n) is 2.41. The first kappa shape index (κ1) is 19.7. The Morgan fingerprint density at radius 2 is 1.23 bits per heavy atom. The second-order valence-electron chi connectivity index (χ2n) is 5.40. The van der Waals surface area contributed by atoms with Gasteiger partial charge in [0.2, 0.25) is 0 Å². The molecular formula is C20H19ClO5. The lowest BCUT2D eigenvalue weighted by atomic mass is 9.96. The van der Waals surface area contributed by atoms with E-state index in [0.717, 1.165) is 0 Å². The van der Waals surface area contributed by atoms with Gasteiger partial charge in [0.25, 0.3) is 0 Å². The largest absolute Gasteiger partial charge is 0.465 e. The number of halogens is 1. The highest BCUT2D eigenvalue weighted by atomic mass is 35.5. The predicted molar refractivity (Wildman–Crippen MR) is 97.3 cm³/mol. The van der Waals surface area contributed by atoms with Gasteiger partial charge in [-0.2, -0.15) is 0 Å². The number of ketones is 1. The minimum Gasteiger partial charge on any atom is -0.465 e. The molecule has 0 aliphatic heterocycles. The highest BCUT2D eigenvalue weighted by Crippen LogP contribution is 2.22. The van der Waals surface area contributed by atoms with Crippen molar-refractivity contribution in [2.24, 2.45) is 0 Å². The molecule has 0 amide bonds. The van der Waals surface area contributed by atoms with Crippen LogP contribution in [0.5, 0.6) is 0 Å². The van der Waals surface area contributed by atoms with Gasteiger partial charge < -0.3 is 9.47 Å². The zero-order valence-corrected chi connectivity index (χ0v) is 15.3. The molecule has 0 heterocycles. The van der Waals surface area contributed by atoms with Gasteiger partial charge in [-0.1, -0.05) is 35.9 Å². The molecule has 0 fully saturated rings. The molecule has 5 nitrogen and oxygen atoms in total. The average Bonchev–Trinajstić information content (AvgIpc) is 2.63. The Labute approximate surface area is 156 Å². The zero-order valence-electron chi connectivity index (χ0n) is 14.5. The highest BCUT2D eigenvalue weighted by Gasteiger charge is 2.31. The molecule has 0 aromatic heterocycles. The molecular weight excluding hydrogens is 356 g/mol. The van der Waals surface area contributed by atoms with E-state index < -0.39 is 17.9 Å². The molecule has 2 aromatic rings. The van der Waals surface area contributed by atoms with E-state index in [4.69, 9.17) is 21.1 Å². The number of ether oxygens (including phenoxy) is 2. The van der Waals surface area contributed by atoms with Crippen LogP contribution in [0, 0.1) is 0 Å². The summed E-state index contributed by atoms with van der Waals surface area (Å²) in [6, 6.07) is 12.8. The van der Waals surface area contributed by atoms with Crippen molar-refractivity contribution in [2.45, 2.75) is 19.8 Å². The van der Waals surface area contributed by atoms with E-state index in [2.05, 4.69) is 0 Å². The minimum atomic E-state index is -1.17. The van der Waals surface area contributed by atoms with Gasteiger partial charge in [0.1, 0.15) is 0 Å². The van der Waals surface area contributed by atoms with Gasteiger partial charge >= 0.3 is 11.9 Å². The third-order valence-corrected chi connectivity index (χ3v) is 3.91. The Balaban J connectivity index is 2.27. The van der Waals surface area contributed by atoms with E-state index in [0.29, 0.717) is 21.7 Å². The van der Waals surface area contributed by atoms with Gasteiger partial charge in [0, 0.05) is 16.1 Å². The summed E-state index contributed by atoms with van der Waals surface area (Å²) in [5.74, 6) is -2.71. The van der Waals surface area contributed by atoms with Crippen LogP contribution in [0.4, 0.5) is 0 Å². The van der Waals surface area contributed by atoms with Gasteiger partial charge in [-0.3, -0.25) is 14.4 Å². The molecule has 0 spiro atoms. The lowest BCUT2D eigenvalue weighted by Gasteiger charge is -2.15. The van der Waals surface area contributed by atoms with Crippen LogP contribution in [0.25, 0.3) is 0 Å². The Morgan fingerprint density at radius 1 is 0.808 bits per heavy atom. The van der Waals surface area contributed by atoms with Crippen molar-refractivity contribution in [2.75, 3.05) is 13.2 Å². The number of hydrogen-bond acceptors (Lipinski definition) is 5. The molecule has 0 saturated carbocycles. The lowest BCUT2D eigenvalue weighted by Crippen LogP contribution is -2.26. The molecule has 0 saturated heterocycles. The first-order valence-electron chi connectivity index (χ1n) is 8.21. The standard InChI is InChI=1S/C20H19ClO5/c1-3-25-19(23)17(20(24)26-4-2)13-5-7-14(8-6-13)18(22)15-9-11-16(21)12-10-15/h5-12,17H,3-4H2,1-2H3. The number of hydrogen-bond donors (Lipinski definition) is 0. The molecule has 0 unspecified atom stereocenters. The Bertz CT molecular complexity index is 763.